The fraction of sp³-hybridized carbons (Fsp3) is 0.846. The van der Waals surface area contributed by atoms with Crippen LogP contribution in [-0.4, -0.2) is 58.7 Å². The van der Waals surface area contributed by atoms with Crippen molar-refractivity contribution in [3.05, 3.63) is 11.6 Å². The largest absolute Gasteiger partial charge is 0.411 e. The molecule has 1 saturated heterocycles. The van der Waals surface area contributed by atoms with Crippen LogP contribution in [0.1, 0.15) is 30.5 Å². The third-order valence-corrected chi connectivity index (χ3v) is 3.55. The number of rotatable bonds is 5. The topological polar surface area (TPSA) is 43.2 Å². The Morgan fingerprint density at radius 2 is 2.10 bits per heavy atom. The summed E-state index contributed by atoms with van der Waals surface area (Å²) in [5, 5.41) is 4.40. The zero-order chi connectivity index (χ0) is 15.5. The highest BCUT2D eigenvalue weighted by Crippen LogP contribution is 2.22. The maximum absolute atomic E-state index is 12.0. The summed E-state index contributed by atoms with van der Waals surface area (Å²) in [5.74, 6) is 1.63. The first kappa shape index (κ1) is 16.2. The number of nitrogens with zero attached hydrogens (tertiary/aromatic N) is 4. The first-order valence-electron chi connectivity index (χ1n) is 7.12. The van der Waals surface area contributed by atoms with Gasteiger partial charge in [-0.3, -0.25) is 4.90 Å². The van der Waals surface area contributed by atoms with Crippen molar-refractivity contribution in [1.29, 1.82) is 0 Å². The Hall–Kier alpha value is -1.15. The summed E-state index contributed by atoms with van der Waals surface area (Å²) in [6, 6.07) is 0.238. The first-order valence-corrected chi connectivity index (χ1v) is 7.12. The Morgan fingerprint density at radius 1 is 1.33 bits per heavy atom. The molecule has 0 aromatic carbocycles. The van der Waals surface area contributed by atoms with Gasteiger partial charge in [0.25, 0.3) is 0 Å². The van der Waals surface area contributed by atoms with Crippen LogP contribution in [0.3, 0.4) is 0 Å². The second-order valence-electron chi connectivity index (χ2n) is 5.42. The van der Waals surface area contributed by atoms with Crippen LogP contribution >= 0.6 is 0 Å². The van der Waals surface area contributed by atoms with Crippen molar-refractivity contribution in [3.63, 3.8) is 0 Å². The fourth-order valence-electron chi connectivity index (χ4n) is 2.70. The molecular formula is C13H21F3N4O. The smallest absolute Gasteiger partial charge is 0.371 e. The van der Waals surface area contributed by atoms with Crippen LogP contribution in [0.2, 0.25) is 0 Å². The summed E-state index contributed by atoms with van der Waals surface area (Å²) in [5.41, 5.74) is 0. The van der Waals surface area contributed by atoms with Crippen LogP contribution < -0.4 is 0 Å². The molecule has 1 aliphatic heterocycles. The molecule has 0 bridgehead atoms. The van der Waals surface area contributed by atoms with Crippen molar-refractivity contribution in [2.45, 2.75) is 38.9 Å². The van der Waals surface area contributed by atoms with Crippen LogP contribution in [0, 0.1) is 13.8 Å². The molecule has 1 atom stereocenters. The van der Waals surface area contributed by atoms with E-state index in [1.165, 1.54) is 0 Å². The number of hydrogen-bond acceptors (Lipinski definition) is 4. The molecule has 1 unspecified atom stereocenters. The standard InChI is InChI=1S/C13H21F3N4O/c1-10-17-11(2)20(18-10)12-4-3-5-19(8-12)6-7-21-9-13(14,15)16/h12H,3-9H2,1-2H3. The van der Waals surface area contributed by atoms with Gasteiger partial charge < -0.3 is 4.74 Å². The molecular weight excluding hydrogens is 285 g/mol. The van der Waals surface area contributed by atoms with Gasteiger partial charge in [-0.2, -0.15) is 18.3 Å². The second-order valence-corrected chi connectivity index (χ2v) is 5.42. The number of aromatic nitrogens is 3. The summed E-state index contributed by atoms with van der Waals surface area (Å²) in [6.45, 7) is 4.88. The Morgan fingerprint density at radius 3 is 2.71 bits per heavy atom. The monoisotopic (exact) mass is 306 g/mol. The molecule has 0 radical (unpaired) electrons. The number of ether oxygens (including phenoxy) is 1. The van der Waals surface area contributed by atoms with E-state index in [2.05, 4.69) is 19.7 Å². The quantitative estimate of drug-likeness (QED) is 0.782. The number of halogens is 3. The molecule has 0 N–H and O–H groups in total. The van der Waals surface area contributed by atoms with Crippen molar-refractivity contribution >= 4 is 0 Å². The molecule has 21 heavy (non-hydrogen) atoms. The van der Waals surface area contributed by atoms with E-state index in [1.807, 2.05) is 18.5 Å². The molecule has 1 aromatic rings. The van der Waals surface area contributed by atoms with Gasteiger partial charge in [0.05, 0.1) is 12.6 Å². The van der Waals surface area contributed by atoms with Gasteiger partial charge in [0, 0.05) is 13.1 Å². The first-order chi connectivity index (χ1) is 9.85. The van der Waals surface area contributed by atoms with E-state index < -0.39 is 12.8 Å². The number of piperidine rings is 1. The lowest BCUT2D eigenvalue weighted by Crippen LogP contribution is -2.39. The summed E-state index contributed by atoms with van der Waals surface area (Å²) in [4.78, 5) is 6.42. The van der Waals surface area contributed by atoms with Crippen LogP contribution in [0.5, 0.6) is 0 Å². The van der Waals surface area contributed by atoms with Gasteiger partial charge in [-0.15, -0.1) is 0 Å². The lowest BCUT2D eigenvalue weighted by Gasteiger charge is -2.32. The average Bonchev–Trinajstić information content (AvgIpc) is 2.73. The van der Waals surface area contributed by atoms with Crippen LogP contribution in [0.15, 0.2) is 0 Å². The summed E-state index contributed by atoms with van der Waals surface area (Å²) >= 11 is 0. The van der Waals surface area contributed by atoms with E-state index in [1.54, 1.807) is 0 Å². The molecule has 5 nitrogen and oxygen atoms in total. The van der Waals surface area contributed by atoms with E-state index in [0.717, 1.165) is 37.6 Å². The van der Waals surface area contributed by atoms with Gasteiger partial charge in [-0.25, -0.2) is 9.67 Å². The van der Waals surface area contributed by atoms with Crippen molar-refractivity contribution in [2.24, 2.45) is 0 Å². The van der Waals surface area contributed by atoms with Crippen LogP contribution in [0.4, 0.5) is 13.2 Å². The molecule has 1 fully saturated rings. The highest BCUT2D eigenvalue weighted by atomic mass is 19.4. The van der Waals surface area contributed by atoms with Gasteiger partial charge in [-0.1, -0.05) is 0 Å². The zero-order valence-corrected chi connectivity index (χ0v) is 12.4. The third-order valence-electron chi connectivity index (χ3n) is 3.55. The van der Waals surface area contributed by atoms with E-state index in [-0.39, 0.29) is 12.6 Å². The predicted octanol–water partition coefficient (Wildman–Crippen LogP) is 2.11. The van der Waals surface area contributed by atoms with Crippen LogP contribution in [0.25, 0.3) is 0 Å². The van der Waals surface area contributed by atoms with Gasteiger partial charge in [-0.05, 0) is 33.2 Å². The SMILES string of the molecule is Cc1nc(C)n(C2CCCN(CCOCC(F)(F)F)C2)n1. The number of likely N-dealkylation sites (tertiary alicyclic amines) is 1. The van der Waals surface area contributed by atoms with Gasteiger partial charge in [0.15, 0.2) is 0 Å². The molecule has 1 aromatic heterocycles. The summed E-state index contributed by atoms with van der Waals surface area (Å²) < 4.78 is 42.6. The van der Waals surface area contributed by atoms with Gasteiger partial charge >= 0.3 is 6.18 Å². The second kappa shape index (κ2) is 6.74. The van der Waals surface area contributed by atoms with Crippen LogP contribution in [-0.2, 0) is 4.74 Å². The Bertz CT molecular complexity index is 461. The highest BCUT2D eigenvalue weighted by molar-refractivity contribution is 4.92. The maximum atomic E-state index is 12.0. The lowest BCUT2D eigenvalue weighted by molar-refractivity contribution is -0.174. The normalized spacial score (nSPS) is 20.9. The van der Waals surface area contributed by atoms with Gasteiger partial charge in [0.1, 0.15) is 18.3 Å². The summed E-state index contributed by atoms with van der Waals surface area (Å²) in [7, 11) is 0. The zero-order valence-electron chi connectivity index (χ0n) is 12.4. The third kappa shape index (κ3) is 4.96. The lowest BCUT2D eigenvalue weighted by atomic mass is 10.1. The number of hydrogen-bond donors (Lipinski definition) is 0. The fourth-order valence-corrected chi connectivity index (χ4v) is 2.70. The van der Waals surface area contributed by atoms with E-state index in [0.29, 0.717) is 6.54 Å². The molecule has 2 rings (SSSR count). The van der Waals surface area contributed by atoms with Crippen molar-refractivity contribution < 1.29 is 17.9 Å². The minimum absolute atomic E-state index is 0.0988. The molecule has 0 saturated carbocycles. The maximum Gasteiger partial charge on any atom is 0.411 e. The van der Waals surface area contributed by atoms with Gasteiger partial charge in [0.2, 0.25) is 0 Å². The molecule has 0 spiro atoms. The molecule has 1 aliphatic rings. The molecule has 120 valence electrons. The van der Waals surface area contributed by atoms with Crippen molar-refractivity contribution in [1.82, 2.24) is 19.7 Å². The minimum Gasteiger partial charge on any atom is -0.371 e. The van der Waals surface area contributed by atoms with Crippen molar-refractivity contribution in [2.75, 3.05) is 32.8 Å². The minimum atomic E-state index is -4.25. The molecule has 0 amide bonds. The van der Waals surface area contributed by atoms with E-state index in [9.17, 15) is 13.2 Å². The Labute approximate surface area is 122 Å². The Kier molecular flexibility index (Phi) is 5.21. The van der Waals surface area contributed by atoms with Crippen molar-refractivity contribution in [3.8, 4) is 0 Å². The van der Waals surface area contributed by atoms with E-state index in [4.69, 9.17) is 0 Å². The number of aryl methyl sites for hydroxylation is 2. The average molecular weight is 306 g/mol. The predicted molar refractivity (Wildman–Crippen MR) is 71.1 cm³/mol. The highest BCUT2D eigenvalue weighted by Gasteiger charge is 2.28. The molecule has 0 aliphatic carbocycles. The number of alkyl halides is 3. The Balaban J connectivity index is 1.80. The molecule has 8 heteroatoms. The molecule has 2 heterocycles. The van der Waals surface area contributed by atoms with E-state index >= 15 is 0 Å². The summed E-state index contributed by atoms with van der Waals surface area (Å²) in [6.07, 6.45) is -2.23.